The molecule has 1 aromatic heterocycles. The van der Waals surface area contributed by atoms with Crippen molar-refractivity contribution in [2.75, 3.05) is 0 Å². The summed E-state index contributed by atoms with van der Waals surface area (Å²) in [6.45, 7) is 3.64. The van der Waals surface area contributed by atoms with Gasteiger partial charge in [0.05, 0.1) is 0 Å². The Morgan fingerprint density at radius 3 is 2.28 bits per heavy atom. The van der Waals surface area contributed by atoms with Gasteiger partial charge in [0.25, 0.3) is 0 Å². The van der Waals surface area contributed by atoms with Crippen molar-refractivity contribution in [2.24, 2.45) is 5.73 Å². The standard InChI is InChI=1S/C24H23N3O2/c1-16-20(18-9-4-3-5-10-18)12-7-13-21(16)23-27-26-22(29-23)19-11-6-8-17(14-19)15-24(2,25)28/h3-14,28H,15,25H2,1-2H3. The number of benzene rings is 3. The van der Waals surface area contributed by atoms with Gasteiger partial charge in [-0.3, -0.25) is 0 Å². The van der Waals surface area contributed by atoms with Crippen LogP contribution < -0.4 is 5.73 Å². The van der Waals surface area contributed by atoms with E-state index in [4.69, 9.17) is 10.2 Å². The monoisotopic (exact) mass is 385 g/mol. The van der Waals surface area contributed by atoms with Gasteiger partial charge in [0.2, 0.25) is 11.8 Å². The number of aliphatic hydroxyl groups is 1. The molecule has 0 spiro atoms. The van der Waals surface area contributed by atoms with E-state index < -0.39 is 5.72 Å². The molecule has 5 heteroatoms. The molecular weight excluding hydrogens is 362 g/mol. The van der Waals surface area contributed by atoms with Gasteiger partial charge >= 0.3 is 0 Å². The first-order valence-electron chi connectivity index (χ1n) is 9.50. The Bertz CT molecular complexity index is 1130. The summed E-state index contributed by atoms with van der Waals surface area (Å²) in [6.07, 6.45) is 0.333. The van der Waals surface area contributed by atoms with Crippen molar-refractivity contribution < 1.29 is 9.52 Å². The molecule has 0 fully saturated rings. The molecule has 0 saturated heterocycles. The number of aromatic nitrogens is 2. The van der Waals surface area contributed by atoms with Crippen LogP contribution >= 0.6 is 0 Å². The Kier molecular flexibility index (Phi) is 5.01. The van der Waals surface area contributed by atoms with Crippen LogP contribution in [0, 0.1) is 6.92 Å². The van der Waals surface area contributed by atoms with E-state index in [1.54, 1.807) is 6.92 Å². The molecule has 146 valence electrons. The molecule has 0 aliphatic carbocycles. The molecule has 0 amide bonds. The second kappa shape index (κ2) is 7.62. The normalized spacial score (nSPS) is 13.2. The van der Waals surface area contributed by atoms with Crippen molar-refractivity contribution in [1.82, 2.24) is 10.2 Å². The van der Waals surface area contributed by atoms with Crippen LogP contribution in [-0.4, -0.2) is 21.0 Å². The highest BCUT2D eigenvalue weighted by atomic mass is 16.4. The van der Waals surface area contributed by atoms with Crippen LogP contribution in [0.2, 0.25) is 0 Å². The molecule has 4 rings (SSSR count). The molecule has 3 aromatic carbocycles. The van der Waals surface area contributed by atoms with Crippen molar-refractivity contribution in [3.63, 3.8) is 0 Å². The molecule has 1 unspecified atom stereocenters. The van der Waals surface area contributed by atoms with E-state index in [2.05, 4.69) is 35.3 Å². The molecule has 1 heterocycles. The third-order valence-corrected chi connectivity index (χ3v) is 4.81. The summed E-state index contributed by atoms with van der Waals surface area (Å²) < 4.78 is 6.00. The smallest absolute Gasteiger partial charge is 0.248 e. The lowest BCUT2D eigenvalue weighted by Gasteiger charge is -2.17. The number of hydrogen-bond acceptors (Lipinski definition) is 5. The lowest BCUT2D eigenvalue weighted by molar-refractivity contribution is 0.0677. The van der Waals surface area contributed by atoms with Crippen molar-refractivity contribution in [2.45, 2.75) is 26.0 Å². The molecule has 0 aliphatic rings. The van der Waals surface area contributed by atoms with Crippen molar-refractivity contribution >= 4 is 0 Å². The predicted molar refractivity (Wildman–Crippen MR) is 114 cm³/mol. The first-order chi connectivity index (χ1) is 13.9. The second-order valence-electron chi connectivity index (χ2n) is 7.49. The fourth-order valence-electron chi connectivity index (χ4n) is 3.47. The van der Waals surface area contributed by atoms with Crippen LogP contribution in [0.1, 0.15) is 18.1 Å². The average molecular weight is 385 g/mol. The van der Waals surface area contributed by atoms with Crippen LogP contribution in [0.5, 0.6) is 0 Å². The van der Waals surface area contributed by atoms with Crippen LogP contribution in [0.25, 0.3) is 34.0 Å². The van der Waals surface area contributed by atoms with Crippen LogP contribution in [0.15, 0.2) is 77.2 Å². The van der Waals surface area contributed by atoms with E-state index in [0.717, 1.165) is 33.4 Å². The predicted octanol–water partition coefficient (Wildman–Crippen LogP) is 4.59. The SMILES string of the molecule is Cc1c(-c2ccccc2)cccc1-c1nnc(-c2cccc(CC(C)(N)O)c2)o1. The highest BCUT2D eigenvalue weighted by Crippen LogP contribution is 2.32. The minimum absolute atomic E-state index is 0.333. The zero-order valence-electron chi connectivity index (χ0n) is 16.5. The molecular formula is C24H23N3O2. The Hall–Kier alpha value is -3.28. The Balaban J connectivity index is 1.68. The van der Waals surface area contributed by atoms with E-state index in [0.29, 0.717) is 18.2 Å². The van der Waals surface area contributed by atoms with Crippen molar-refractivity contribution in [3.8, 4) is 34.0 Å². The molecule has 0 saturated carbocycles. The summed E-state index contributed by atoms with van der Waals surface area (Å²) in [5.74, 6) is 0.912. The van der Waals surface area contributed by atoms with Gasteiger partial charge in [0.1, 0.15) is 5.72 Å². The first-order valence-corrected chi connectivity index (χ1v) is 9.50. The minimum atomic E-state index is -1.27. The largest absolute Gasteiger partial charge is 0.416 e. The molecule has 0 radical (unpaired) electrons. The lowest BCUT2D eigenvalue weighted by atomic mass is 9.96. The Labute approximate surface area is 169 Å². The van der Waals surface area contributed by atoms with Gasteiger partial charge in [-0.15, -0.1) is 10.2 Å². The maximum Gasteiger partial charge on any atom is 0.248 e. The summed E-state index contributed by atoms with van der Waals surface area (Å²) in [7, 11) is 0. The van der Waals surface area contributed by atoms with E-state index in [9.17, 15) is 5.11 Å². The highest BCUT2D eigenvalue weighted by Gasteiger charge is 2.17. The quantitative estimate of drug-likeness (QED) is 0.491. The fourth-order valence-corrected chi connectivity index (χ4v) is 3.47. The molecule has 29 heavy (non-hydrogen) atoms. The number of nitrogens with two attached hydrogens (primary N) is 1. The first kappa shape index (κ1) is 19.1. The van der Waals surface area contributed by atoms with Crippen LogP contribution in [-0.2, 0) is 6.42 Å². The maximum atomic E-state index is 9.86. The van der Waals surface area contributed by atoms with E-state index in [1.165, 1.54) is 0 Å². The second-order valence-corrected chi connectivity index (χ2v) is 7.49. The molecule has 4 aromatic rings. The van der Waals surface area contributed by atoms with Gasteiger partial charge in [-0.05, 0) is 54.3 Å². The van der Waals surface area contributed by atoms with E-state index >= 15 is 0 Å². The fraction of sp³-hybridized carbons (Fsp3) is 0.167. The van der Waals surface area contributed by atoms with Crippen LogP contribution in [0.3, 0.4) is 0 Å². The topological polar surface area (TPSA) is 85.2 Å². The Morgan fingerprint density at radius 1 is 0.862 bits per heavy atom. The highest BCUT2D eigenvalue weighted by molar-refractivity contribution is 5.75. The molecule has 0 aliphatic heterocycles. The Morgan fingerprint density at radius 2 is 1.52 bits per heavy atom. The maximum absolute atomic E-state index is 9.86. The molecule has 0 bridgehead atoms. The van der Waals surface area contributed by atoms with Gasteiger partial charge in [-0.25, -0.2) is 0 Å². The van der Waals surface area contributed by atoms with Crippen LogP contribution in [0.4, 0.5) is 0 Å². The van der Waals surface area contributed by atoms with Gasteiger partial charge < -0.3 is 15.3 Å². The van der Waals surface area contributed by atoms with E-state index in [1.807, 2.05) is 54.6 Å². The van der Waals surface area contributed by atoms with Crippen molar-refractivity contribution in [1.29, 1.82) is 0 Å². The minimum Gasteiger partial charge on any atom is -0.416 e. The number of rotatable bonds is 5. The summed E-state index contributed by atoms with van der Waals surface area (Å²) in [6, 6.07) is 23.9. The number of hydrogen-bond donors (Lipinski definition) is 2. The zero-order valence-corrected chi connectivity index (χ0v) is 16.5. The summed E-state index contributed by atoms with van der Waals surface area (Å²) in [4.78, 5) is 0. The number of nitrogens with zero attached hydrogens (tertiary/aromatic N) is 2. The summed E-state index contributed by atoms with van der Waals surface area (Å²) in [5.41, 5.74) is 10.4. The summed E-state index contributed by atoms with van der Waals surface area (Å²) >= 11 is 0. The van der Waals surface area contributed by atoms with E-state index in [-0.39, 0.29) is 0 Å². The molecule has 1 atom stereocenters. The molecule has 5 nitrogen and oxygen atoms in total. The van der Waals surface area contributed by atoms with Gasteiger partial charge in [-0.2, -0.15) is 0 Å². The third kappa shape index (κ3) is 4.26. The molecule has 3 N–H and O–H groups in total. The summed E-state index contributed by atoms with van der Waals surface area (Å²) in [5, 5.41) is 18.4. The zero-order chi connectivity index (χ0) is 20.4. The van der Waals surface area contributed by atoms with Crippen molar-refractivity contribution in [3.05, 3.63) is 83.9 Å². The lowest BCUT2D eigenvalue weighted by Crippen LogP contribution is -2.37. The average Bonchev–Trinajstić information content (AvgIpc) is 3.18. The van der Waals surface area contributed by atoms with Gasteiger partial charge in [0.15, 0.2) is 0 Å². The van der Waals surface area contributed by atoms with Gasteiger partial charge in [0, 0.05) is 17.5 Å². The third-order valence-electron chi connectivity index (χ3n) is 4.81. The van der Waals surface area contributed by atoms with Gasteiger partial charge in [-0.1, -0.05) is 54.6 Å².